The van der Waals surface area contributed by atoms with Gasteiger partial charge in [-0.05, 0) is 71.9 Å². The van der Waals surface area contributed by atoms with Gasteiger partial charge in [-0.2, -0.15) is 0 Å². The molecule has 3 aromatic carbocycles. The normalized spacial score (nSPS) is 14.5. The number of thiazole rings is 1. The van der Waals surface area contributed by atoms with Gasteiger partial charge in [0.2, 0.25) is 0 Å². The average Bonchev–Trinajstić information content (AvgIpc) is 3.37. The number of hydrogen-bond donors (Lipinski definition) is 1. The molecule has 1 aliphatic heterocycles. The minimum atomic E-state index is -1.01. The van der Waals surface area contributed by atoms with Gasteiger partial charge in [-0.1, -0.05) is 81.0 Å². The summed E-state index contributed by atoms with van der Waals surface area (Å²) < 4.78 is 19.1. The van der Waals surface area contributed by atoms with Gasteiger partial charge in [0, 0.05) is 0 Å². The Hall–Kier alpha value is -4.96. The van der Waals surface area contributed by atoms with Crippen molar-refractivity contribution in [3.63, 3.8) is 0 Å². The van der Waals surface area contributed by atoms with Gasteiger partial charge in [0.25, 0.3) is 5.56 Å². The monoisotopic (exact) mass is 654 g/mol. The molecule has 1 aliphatic rings. The maximum Gasteiger partial charge on any atom is 0.338 e. The number of ether oxygens (including phenoxy) is 3. The number of carbonyl (C=O) groups is 2. The molecule has 0 saturated heterocycles. The number of carbonyl (C=O) groups excluding carboxylic acids is 1. The molecule has 9 nitrogen and oxygen atoms in total. The number of benzene rings is 3. The standard InChI is InChI=1S/C37H38N2O7S/c1-6-9-28-32(36(43)45-7-2)33(26-15-13-25(14-16-26)22(3)4)39-34(40)31(47-37(39)38-28)20-23-12-17-29(30(19-23)44-5)46-21-24-10-8-11-27(18-24)35(41)42/h8,10-20,22,33H,6-7,9,21H2,1-5H3,(H,41,42)/b31-20-/t33-/m0/s1. The SMILES string of the molecule is CCCC1=C(C(=O)OCC)[C@H](c2ccc(C(C)C)cc2)n2c(s/c(=C\c3ccc(OCc4cccc(C(=O)O)c4)c(OC)c3)c2=O)=N1. The smallest absolute Gasteiger partial charge is 0.338 e. The number of fused-ring (bicyclic) bond motifs is 1. The largest absolute Gasteiger partial charge is 0.493 e. The van der Waals surface area contributed by atoms with Crippen molar-refractivity contribution >= 4 is 29.4 Å². The maximum atomic E-state index is 14.1. The molecular formula is C37H38N2O7S. The summed E-state index contributed by atoms with van der Waals surface area (Å²) >= 11 is 1.27. The van der Waals surface area contributed by atoms with Crippen molar-refractivity contribution in [3.05, 3.63) is 126 Å². The number of carboxylic acid groups (broad SMARTS) is 1. The second-order valence-electron chi connectivity index (χ2n) is 11.4. The Morgan fingerprint density at radius 1 is 1.04 bits per heavy atom. The molecule has 0 bridgehead atoms. The highest BCUT2D eigenvalue weighted by Gasteiger charge is 2.34. The van der Waals surface area contributed by atoms with Crippen LogP contribution >= 0.6 is 11.3 Å². The molecule has 0 spiro atoms. The first-order valence-corrected chi connectivity index (χ1v) is 16.4. The van der Waals surface area contributed by atoms with Gasteiger partial charge in [0.05, 0.1) is 41.1 Å². The molecule has 1 N–H and O–H groups in total. The van der Waals surface area contributed by atoms with Crippen molar-refractivity contribution in [2.45, 2.75) is 59.1 Å². The molecule has 0 amide bonds. The van der Waals surface area contributed by atoms with E-state index in [9.17, 15) is 19.5 Å². The van der Waals surface area contributed by atoms with Gasteiger partial charge in [-0.25, -0.2) is 14.6 Å². The molecule has 1 atom stereocenters. The molecular weight excluding hydrogens is 616 g/mol. The van der Waals surface area contributed by atoms with Crippen LogP contribution in [0.1, 0.15) is 85.1 Å². The first-order valence-electron chi connectivity index (χ1n) is 15.6. The number of esters is 1. The third kappa shape index (κ3) is 7.23. The van der Waals surface area contributed by atoms with Crippen LogP contribution < -0.4 is 24.4 Å². The Bertz CT molecular complexity index is 2010. The van der Waals surface area contributed by atoms with E-state index < -0.39 is 18.0 Å². The highest BCUT2D eigenvalue weighted by atomic mass is 32.1. The Kier molecular flexibility index (Phi) is 10.4. The van der Waals surface area contributed by atoms with Crippen LogP contribution in [0.4, 0.5) is 0 Å². The van der Waals surface area contributed by atoms with E-state index in [1.54, 1.807) is 47.9 Å². The Morgan fingerprint density at radius 2 is 1.81 bits per heavy atom. The Morgan fingerprint density at radius 3 is 2.47 bits per heavy atom. The zero-order valence-electron chi connectivity index (χ0n) is 27.1. The van der Waals surface area contributed by atoms with E-state index in [0.29, 0.717) is 55.6 Å². The topological polar surface area (TPSA) is 116 Å². The predicted octanol–water partition coefficient (Wildman–Crippen LogP) is 5.99. The number of rotatable bonds is 12. The summed E-state index contributed by atoms with van der Waals surface area (Å²) in [7, 11) is 1.53. The predicted molar refractivity (Wildman–Crippen MR) is 181 cm³/mol. The summed E-state index contributed by atoms with van der Waals surface area (Å²) in [5.74, 6) is -0.215. The van der Waals surface area contributed by atoms with Crippen LogP contribution in [0.2, 0.25) is 0 Å². The minimum Gasteiger partial charge on any atom is -0.493 e. The van der Waals surface area contributed by atoms with E-state index in [1.807, 2.05) is 37.3 Å². The zero-order chi connectivity index (χ0) is 33.7. The fourth-order valence-corrected chi connectivity index (χ4v) is 6.52. The van der Waals surface area contributed by atoms with Crippen LogP contribution in [-0.4, -0.2) is 35.3 Å². The first-order chi connectivity index (χ1) is 22.6. The van der Waals surface area contributed by atoms with E-state index in [0.717, 1.165) is 17.5 Å². The van der Waals surface area contributed by atoms with Gasteiger partial charge in [-0.3, -0.25) is 9.36 Å². The number of methoxy groups -OCH3 is 1. The van der Waals surface area contributed by atoms with Crippen molar-refractivity contribution in [3.8, 4) is 11.5 Å². The number of hydrogen-bond acceptors (Lipinski definition) is 8. The third-order valence-corrected chi connectivity index (χ3v) is 8.85. The van der Waals surface area contributed by atoms with Crippen LogP contribution in [0.25, 0.3) is 6.08 Å². The van der Waals surface area contributed by atoms with Crippen molar-refractivity contribution < 1.29 is 28.9 Å². The fourth-order valence-electron chi connectivity index (χ4n) is 5.50. The van der Waals surface area contributed by atoms with E-state index in [4.69, 9.17) is 19.2 Å². The van der Waals surface area contributed by atoms with Crippen LogP contribution in [-0.2, 0) is 16.1 Å². The lowest BCUT2D eigenvalue weighted by Crippen LogP contribution is -2.40. The van der Waals surface area contributed by atoms with Crippen LogP contribution in [0.5, 0.6) is 11.5 Å². The Labute approximate surface area is 277 Å². The fraction of sp³-hybridized carbons (Fsp3) is 0.297. The lowest BCUT2D eigenvalue weighted by molar-refractivity contribution is -0.139. The molecule has 5 rings (SSSR count). The van der Waals surface area contributed by atoms with Gasteiger partial charge >= 0.3 is 11.9 Å². The maximum absolute atomic E-state index is 14.1. The van der Waals surface area contributed by atoms with Gasteiger partial charge in [-0.15, -0.1) is 0 Å². The van der Waals surface area contributed by atoms with Gasteiger partial charge in [0.1, 0.15) is 6.61 Å². The van der Waals surface area contributed by atoms with Crippen molar-refractivity contribution in [1.29, 1.82) is 0 Å². The number of aromatic nitrogens is 1. The van der Waals surface area contributed by atoms with Crippen LogP contribution in [0.15, 0.2) is 87.8 Å². The molecule has 244 valence electrons. The summed E-state index contributed by atoms with van der Waals surface area (Å²) in [5.41, 5.74) is 4.33. The molecule has 0 saturated carbocycles. The number of carboxylic acids is 1. The highest BCUT2D eigenvalue weighted by Crippen LogP contribution is 2.33. The molecule has 10 heteroatoms. The average molecular weight is 655 g/mol. The van der Waals surface area contributed by atoms with E-state index in [1.165, 1.54) is 24.5 Å². The molecule has 1 aromatic heterocycles. The molecule has 4 aromatic rings. The van der Waals surface area contributed by atoms with Crippen molar-refractivity contribution in [2.24, 2.45) is 4.99 Å². The summed E-state index contributed by atoms with van der Waals surface area (Å²) in [4.78, 5) is 44.3. The van der Waals surface area contributed by atoms with E-state index in [2.05, 4.69) is 13.8 Å². The van der Waals surface area contributed by atoms with Crippen LogP contribution in [0, 0.1) is 0 Å². The van der Waals surface area contributed by atoms with Gasteiger partial charge < -0.3 is 19.3 Å². The molecule has 0 radical (unpaired) electrons. The quantitative estimate of drug-likeness (QED) is 0.187. The third-order valence-electron chi connectivity index (χ3n) is 7.86. The summed E-state index contributed by atoms with van der Waals surface area (Å²) in [6, 6.07) is 19.2. The molecule has 2 heterocycles. The zero-order valence-corrected chi connectivity index (χ0v) is 27.9. The summed E-state index contributed by atoms with van der Waals surface area (Å²) in [5, 5.41) is 9.28. The summed E-state index contributed by atoms with van der Waals surface area (Å²) in [6.45, 7) is 8.39. The number of aromatic carboxylic acids is 1. The molecule has 0 unspecified atom stereocenters. The van der Waals surface area contributed by atoms with Gasteiger partial charge in [0.15, 0.2) is 16.3 Å². The molecule has 0 fully saturated rings. The van der Waals surface area contributed by atoms with Crippen molar-refractivity contribution in [1.82, 2.24) is 4.57 Å². The highest BCUT2D eigenvalue weighted by molar-refractivity contribution is 7.07. The minimum absolute atomic E-state index is 0.149. The lowest BCUT2D eigenvalue weighted by Gasteiger charge is -2.26. The summed E-state index contributed by atoms with van der Waals surface area (Å²) in [6.07, 6.45) is 3.12. The lowest BCUT2D eigenvalue weighted by atomic mass is 9.92. The number of allylic oxidation sites excluding steroid dienone is 1. The molecule has 47 heavy (non-hydrogen) atoms. The molecule has 0 aliphatic carbocycles. The Balaban J connectivity index is 1.55. The second-order valence-corrected chi connectivity index (χ2v) is 12.4. The van der Waals surface area contributed by atoms with Crippen LogP contribution in [0.3, 0.4) is 0 Å². The number of nitrogens with zero attached hydrogens (tertiary/aromatic N) is 2. The second kappa shape index (κ2) is 14.6. The van der Waals surface area contributed by atoms with Crippen molar-refractivity contribution in [2.75, 3.05) is 13.7 Å². The van der Waals surface area contributed by atoms with E-state index in [-0.39, 0.29) is 24.3 Å². The van der Waals surface area contributed by atoms with E-state index >= 15 is 0 Å². The first kappa shape index (κ1) is 33.4.